The molecule has 12 heavy (non-hydrogen) atoms. The summed E-state index contributed by atoms with van der Waals surface area (Å²) in [5.74, 6) is 3.97. The first-order valence-electron chi connectivity index (χ1n) is 4.72. The van der Waals surface area contributed by atoms with Crippen molar-refractivity contribution in [2.45, 2.75) is 20.3 Å². The zero-order valence-corrected chi connectivity index (χ0v) is 8.56. The number of hydrogen-bond donors (Lipinski definition) is 0. The lowest BCUT2D eigenvalue weighted by Gasteiger charge is -2.07. The molecule has 0 N–H and O–H groups in total. The zero-order valence-electron chi connectivity index (χ0n) is 7.75. The average Bonchev–Trinajstić information content (AvgIpc) is 2.42. The Bertz CT molecular complexity index is 242. The van der Waals surface area contributed by atoms with Crippen molar-refractivity contribution < 1.29 is 4.21 Å². The first-order chi connectivity index (χ1) is 5.66. The maximum Gasteiger partial charge on any atom is 0.0301 e. The maximum absolute atomic E-state index is 11.2. The summed E-state index contributed by atoms with van der Waals surface area (Å²) < 4.78 is 11.2. The summed E-state index contributed by atoms with van der Waals surface area (Å²) in [7, 11) is -0.504. The van der Waals surface area contributed by atoms with E-state index in [9.17, 15) is 4.21 Å². The van der Waals surface area contributed by atoms with Crippen LogP contribution in [0.3, 0.4) is 0 Å². The lowest BCUT2D eigenvalue weighted by molar-refractivity contribution is 0.521. The van der Waals surface area contributed by atoms with Crippen molar-refractivity contribution in [3.63, 3.8) is 0 Å². The third kappa shape index (κ3) is 1.37. The third-order valence-corrected chi connectivity index (χ3v) is 4.61. The molecule has 0 aromatic heterocycles. The molecular weight excluding hydrogens is 168 g/mol. The molecule has 68 valence electrons. The fourth-order valence-corrected chi connectivity index (χ4v) is 4.03. The van der Waals surface area contributed by atoms with E-state index in [-0.39, 0.29) is 0 Å². The van der Waals surface area contributed by atoms with Gasteiger partial charge in [0.05, 0.1) is 0 Å². The molecule has 1 fully saturated rings. The van der Waals surface area contributed by atoms with Crippen molar-refractivity contribution in [2.24, 2.45) is 17.8 Å². The Morgan fingerprint density at radius 3 is 2.83 bits per heavy atom. The highest BCUT2D eigenvalue weighted by Crippen LogP contribution is 2.39. The Balaban J connectivity index is 2.10. The minimum atomic E-state index is -0.504. The van der Waals surface area contributed by atoms with Crippen molar-refractivity contribution >= 4 is 10.8 Å². The fraction of sp³-hybridized carbons (Fsp3) is 0.800. The van der Waals surface area contributed by atoms with Gasteiger partial charge in [-0.25, -0.2) is 0 Å². The number of rotatable bonds is 1. The van der Waals surface area contributed by atoms with E-state index in [2.05, 4.69) is 19.9 Å². The fourth-order valence-electron chi connectivity index (χ4n) is 2.25. The minimum Gasteiger partial charge on any atom is -0.260 e. The van der Waals surface area contributed by atoms with Crippen molar-refractivity contribution in [1.29, 1.82) is 0 Å². The summed E-state index contributed by atoms with van der Waals surface area (Å²) in [6, 6.07) is 0. The third-order valence-electron chi connectivity index (χ3n) is 3.05. The van der Waals surface area contributed by atoms with Crippen molar-refractivity contribution in [3.05, 3.63) is 11.6 Å². The second-order valence-corrected chi connectivity index (χ2v) is 5.84. The molecule has 0 saturated carbocycles. The van der Waals surface area contributed by atoms with Crippen LogP contribution in [0.15, 0.2) is 11.6 Å². The van der Waals surface area contributed by atoms with Gasteiger partial charge in [0.25, 0.3) is 0 Å². The molecule has 0 bridgehead atoms. The molecule has 3 unspecified atom stereocenters. The van der Waals surface area contributed by atoms with Gasteiger partial charge in [0.2, 0.25) is 0 Å². The molecule has 2 heteroatoms. The monoisotopic (exact) mass is 184 g/mol. The Hall–Kier alpha value is -0.110. The molecule has 1 aliphatic heterocycles. The van der Waals surface area contributed by atoms with E-state index >= 15 is 0 Å². The van der Waals surface area contributed by atoms with Crippen LogP contribution < -0.4 is 0 Å². The van der Waals surface area contributed by atoms with Crippen LogP contribution in [0.25, 0.3) is 0 Å². The van der Waals surface area contributed by atoms with Gasteiger partial charge in [-0.15, -0.1) is 0 Å². The van der Waals surface area contributed by atoms with Gasteiger partial charge in [-0.05, 0) is 24.2 Å². The molecule has 1 nitrogen and oxygen atoms in total. The minimum absolute atomic E-state index is 0.504. The molecule has 2 rings (SSSR count). The highest BCUT2D eigenvalue weighted by atomic mass is 32.2. The summed E-state index contributed by atoms with van der Waals surface area (Å²) in [4.78, 5) is 0. The second kappa shape index (κ2) is 2.99. The van der Waals surface area contributed by atoms with Crippen LogP contribution in [0.4, 0.5) is 0 Å². The van der Waals surface area contributed by atoms with E-state index in [1.165, 1.54) is 6.42 Å². The Kier molecular flexibility index (Phi) is 2.11. The van der Waals surface area contributed by atoms with Crippen LogP contribution in [0, 0.1) is 17.8 Å². The summed E-state index contributed by atoms with van der Waals surface area (Å²) >= 11 is 0. The summed E-state index contributed by atoms with van der Waals surface area (Å²) in [5, 5.41) is 0. The second-order valence-electron chi connectivity index (χ2n) is 4.30. The van der Waals surface area contributed by atoms with Crippen LogP contribution in [-0.4, -0.2) is 15.7 Å². The normalized spacial score (nSPS) is 40.2. The molecule has 0 aromatic carbocycles. The molecule has 1 heterocycles. The number of allylic oxidation sites excluding steroid dienone is 2. The maximum atomic E-state index is 11.2. The Morgan fingerprint density at radius 1 is 1.50 bits per heavy atom. The van der Waals surface area contributed by atoms with Crippen LogP contribution in [0.1, 0.15) is 20.3 Å². The summed E-state index contributed by atoms with van der Waals surface area (Å²) in [6.07, 6.45) is 3.61. The first-order valence-corrected chi connectivity index (χ1v) is 6.21. The topological polar surface area (TPSA) is 17.1 Å². The molecular formula is C10H16OS. The van der Waals surface area contributed by atoms with Crippen LogP contribution >= 0.6 is 0 Å². The van der Waals surface area contributed by atoms with Gasteiger partial charge in [0.15, 0.2) is 0 Å². The van der Waals surface area contributed by atoms with Gasteiger partial charge in [-0.2, -0.15) is 0 Å². The van der Waals surface area contributed by atoms with E-state index in [1.807, 2.05) is 0 Å². The van der Waals surface area contributed by atoms with Gasteiger partial charge in [-0.3, -0.25) is 4.21 Å². The number of fused-ring (bicyclic) bond motifs is 1. The lowest BCUT2D eigenvalue weighted by Crippen LogP contribution is -2.03. The van der Waals surface area contributed by atoms with Gasteiger partial charge in [0, 0.05) is 22.3 Å². The van der Waals surface area contributed by atoms with Crippen LogP contribution in [0.5, 0.6) is 0 Å². The van der Waals surface area contributed by atoms with E-state index in [0.29, 0.717) is 11.8 Å². The quantitative estimate of drug-likeness (QED) is 0.569. The summed E-state index contributed by atoms with van der Waals surface area (Å²) in [5.41, 5.74) is 1.60. The highest BCUT2D eigenvalue weighted by molar-refractivity contribution is 7.85. The van der Waals surface area contributed by atoms with E-state index in [1.54, 1.807) is 5.57 Å². The van der Waals surface area contributed by atoms with Gasteiger partial charge in [-0.1, -0.05) is 25.5 Å². The Labute approximate surface area is 76.7 Å². The largest absolute Gasteiger partial charge is 0.260 e. The molecule has 0 amide bonds. The first kappa shape index (κ1) is 8.49. The van der Waals surface area contributed by atoms with E-state index < -0.39 is 10.8 Å². The van der Waals surface area contributed by atoms with E-state index in [0.717, 1.165) is 17.4 Å². The molecule has 0 radical (unpaired) electrons. The van der Waals surface area contributed by atoms with Crippen LogP contribution in [0.2, 0.25) is 0 Å². The van der Waals surface area contributed by atoms with E-state index in [4.69, 9.17) is 0 Å². The summed E-state index contributed by atoms with van der Waals surface area (Å²) in [6.45, 7) is 4.51. The predicted octanol–water partition coefficient (Wildman–Crippen LogP) is 1.97. The molecule has 1 saturated heterocycles. The van der Waals surface area contributed by atoms with Gasteiger partial charge in [0.1, 0.15) is 0 Å². The Morgan fingerprint density at radius 2 is 2.25 bits per heavy atom. The van der Waals surface area contributed by atoms with Crippen molar-refractivity contribution in [1.82, 2.24) is 0 Å². The highest BCUT2D eigenvalue weighted by Gasteiger charge is 2.35. The van der Waals surface area contributed by atoms with Crippen molar-refractivity contribution in [3.8, 4) is 0 Å². The van der Waals surface area contributed by atoms with Crippen LogP contribution in [-0.2, 0) is 10.8 Å². The molecule has 3 atom stereocenters. The SMILES string of the molecule is CC(C)C1=CC2CS(=O)CC2C1. The van der Waals surface area contributed by atoms with Crippen molar-refractivity contribution in [2.75, 3.05) is 11.5 Å². The molecule has 1 aliphatic carbocycles. The van der Waals surface area contributed by atoms with Gasteiger partial charge >= 0.3 is 0 Å². The van der Waals surface area contributed by atoms with Gasteiger partial charge < -0.3 is 0 Å². The lowest BCUT2D eigenvalue weighted by atomic mass is 9.97. The molecule has 2 aliphatic rings. The smallest absolute Gasteiger partial charge is 0.0301 e. The predicted molar refractivity (Wildman–Crippen MR) is 52.4 cm³/mol. The number of hydrogen-bond acceptors (Lipinski definition) is 1. The standard InChI is InChI=1S/C10H16OS/c1-7(2)8-3-9-5-12(11)6-10(9)4-8/h3,7,9-10H,4-6H2,1-2H3. The molecule has 0 aromatic rings. The molecule has 0 spiro atoms. The zero-order chi connectivity index (χ0) is 8.72. The average molecular weight is 184 g/mol.